The van der Waals surface area contributed by atoms with E-state index in [1.54, 1.807) is 23.1 Å². The van der Waals surface area contributed by atoms with Gasteiger partial charge in [-0.3, -0.25) is 4.79 Å². The fraction of sp³-hybridized carbons (Fsp3) is 0.300. The first kappa shape index (κ1) is 21.1. The molecule has 2 aromatic rings. The van der Waals surface area contributed by atoms with Crippen molar-refractivity contribution in [2.24, 2.45) is 4.99 Å². The first-order valence-corrected chi connectivity index (χ1v) is 12.2. The van der Waals surface area contributed by atoms with Crippen LogP contribution in [0.15, 0.2) is 47.5 Å². The van der Waals surface area contributed by atoms with E-state index in [0.717, 1.165) is 0 Å². The summed E-state index contributed by atoms with van der Waals surface area (Å²) >= 11 is 7.55. The minimum Gasteiger partial charge on any atom is -0.495 e. The summed E-state index contributed by atoms with van der Waals surface area (Å²) < 4.78 is 42.6. The molecule has 10 heteroatoms. The van der Waals surface area contributed by atoms with E-state index in [2.05, 4.69) is 4.99 Å². The predicted octanol–water partition coefficient (Wildman–Crippen LogP) is 3.33. The van der Waals surface area contributed by atoms with Gasteiger partial charge in [0, 0.05) is 10.9 Å². The smallest absolute Gasteiger partial charge is 0.252 e. The Morgan fingerprint density at radius 2 is 2.00 bits per heavy atom. The van der Waals surface area contributed by atoms with Crippen molar-refractivity contribution in [3.05, 3.63) is 58.9 Å². The molecule has 2 aliphatic rings. The summed E-state index contributed by atoms with van der Waals surface area (Å²) in [5.74, 6) is -0.251. The summed E-state index contributed by atoms with van der Waals surface area (Å²) in [4.78, 5) is 18.6. The summed E-state index contributed by atoms with van der Waals surface area (Å²) in [6.07, 6.45) is 0.0230. The van der Waals surface area contributed by atoms with Crippen LogP contribution in [0.4, 0.5) is 10.1 Å². The number of methoxy groups -OCH3 is 1. The van der Waals surface area contributed by atoms with E-state index < -0.39 is 15.7 Å². The fourth-order valence-electron chi connectivity index (χ4n) is 3.59. The first-order valence-electron chi connectivity index (χ1n) is 9.11. The second kappa shape index (κ2) is 8.20. The molecule has 2 fully saturated rings. The van der Waals surface area contributed by atoms with Gasteiger partial charge in [-0.1, -0.05) is 35.5 Å². The molecule has 0 saturated carbocycles. The van der Waals surface area contributed by atoms with Crippen LogP contribution >= 0.6 is 23.4 Å². The number of amides is 1. The molecule has 2 heterocycles. The number of thioether (sulfide) groups is 1. The average molecular weight is 469 g/mol. The molecule has 0 spiro atoms. The minimum absolute atomic E-state index is 0.0144. The Hall–Kier alpha value is -2.10. The molecule has 6 nitrogen and oxygen atoms in total. The third-order valence-electron chi connectivity index (χ3n) is 4.97. The zero-order chi connectivity index (χ0) is 21.5. The van der Waals surface area contributed by atoms with Crippen molar-refractivity contribution in [2.45, 2.75) is 17.7 Å². The van der Waals surface area contributed by atoms with Gasteiger partial charge in [-0.2, -0.15) is 4.99 Å². The molecule has 2 saturated heterocycles. The molecule has 2 unspecified atom stereocenters. The third-order valence-corrected chi connectivity index (χ3v) is 8.47. The van der Waals surface area contributed by atoms with Gasteiger partial charge in [0.05, 0.1) is 36.1 Å². The number of sulfone groups is 1. The zero-order valence-corrected chi connectivity index (χ0v) is 18.3. The van der Waals surface area contributed by atoms with Gasteiger partial charge in [0.25, 0.3) is 5.91 Å². The van der Waals surface area contributed by atoms with Crippen LogP contribution in [0.25, 0.3) is 0 Å². The van der Waals surface area contributed by atoms with Crippen LogP contribution in [-0.2, 0) is 21.1 Å². The maximum atomic E-state index is 13.1. The summed E-state index contributed by atoms with van der Waals surface area (Å²) in [7, 11) is -1.66. The van der Waals surface area contributed by atoms with Gasteiger partial charge in [-0.25, -0.2) is 12.8 Å². The number of ether oxygens (including phenoxy) is 1. The predicted molar refractivity (Wildman–Crippen MR) is 117 cm³/mol. The summed E-state index contributed by atoms with van der Waals surface area (Å²) in [5.41, 5.74) is 1.29. The lowest BCUT2D eigenvalue weighted by atomic mass is 10.1. The van der Waals surface area contributed by atoms with Crippen LogP contribution < -0.4 is 9.64 Å². The van der Waals surface area contributed by atoms with Crippen molar-refractivity contribution in [3.63, 3.8) is 0 Å². The average Bonchev–Trinajstić information content (AvgIpc) is 3.14. The normalized spacial score (nSPS) is 23.6. The second-order valence-electron chi connectivity index (χ2n) is 7.08. The number of anilines is 1. The molecule has 2 aliphatic heterocycles. The number of hydrogen-bond acceptors (Lipinski definition) is 5. The molecule has 4 rings (SSSR count). The number of hydrogen-bond donors (Lipinski definition) is 0. The van der Waals surface area contributed by atoms with Gasteiger partial charge in [-0.05, 0) is 35.9 Å². The molecule has 0 N–H and O–H groups in total. The van der Waals surface area contributed by atoms with Crippen LogP contribution in [0.5, 0.6) is 5.75 Å². The lowest BCUT2D eigenvalue weighted by Gasteiger charge is -2.25. The van der Waals surface area contributed by atoms with Gasteiger partial charge < -0.3 is 9.64 Å². The molecule has 30 heavy (non-hydrogen) atoms. The first-order chi connectivity index (χ1) is 14.3. The Kier molecular flexibility index (Phi) is 5.78. The molecular formula is C20H18ClFN2O4S2. The molecule has 158 valence electrons. The van der Waals surface area contributed by atoms with Gasteiger partial charge in [0.15, 0.2) is 15.0 Å². The highest BCUT2D eigenvalue weighted by molar-refractivity contribution is 8.16. The number of halogens is 2. The summed E-state index contributed by atoms with van der Waals surface area (Å²) in [6.45, 7) is 0. The van der Waals surface area contributed by atoms with E-state index in [4.69, 9.17) is 16.3 Å². The van der Waals surface area contributed by atoms with E-state index in [0.29, 0.717) is 27.2 Å². The molecule has 0 radical (unpaired) electrons. The van der Waals surface area contributed by atoms with Crippen molar-refractivity contribution in [1.29, 1.82) is 0 Å². The summed E-state index contributed by atoms with van der Waals surface area (Å²) in [6, 6.07) is 10.5. The van der Waals surface area contributed by atoms with E-state index >= 15 is 0 Å². The van der Waals surface area contributed by atoms with Gasteiger partial charge in [0.2, 0.25) is 0 Å². The number of carbonyl (C=O) groups excluding carboxylic acids is 1. The number of amidine groups is 1. The van der Waals surface area contributed by atoms with E-state index in [1.807, 2.05) is 0 Å². The number of aliphatic imine (C=N–C) groups is 1. The fourth-order valence-corrected chi connectivity index (χ4v) is 7.78. The number of carbonyl (C=O) groups is 1. The largest absolute Gasteiger partial charge is 0.495 e. The number of fused-ring (bicyclic) bond motifs is 1. The second-order valence-corrected chi connectivity index (χ2v) is 10.8. The van der Waals surface area contributed by atoms with Crippen molar-refractivity contribution < 1.29 is 22.3 Å². The Bertz CT molecular complexity index is 1120. The lowest BCUT2D eigenvalue weighted by Crippen LogP contribution is -2.37. The van der Waals surface area contributed by atoms with Crippen LogP contribution in [0.2, 0.25) is 5.02 Å². The molecule has 2 aromatic carbocycles. The molecule has 0 aliphatic carbocycles. The quantitative estimate of drug-likeness (QED) is 0.685. The third kappa shape index (κ3) is 4.33. The highest BCUT2D eigenvalue weighted by atomic mass is 35.5. The molecular weight excluding hydrogens is 451 g/mol. The maximum Gasteiger partial charge on any atom is 0.252 e. The topological polar surface area (TPSA) is 76.0 Å². The highest BCUT2D eigenvalue weighted by Crippen LogP contribution is 2.42. The van der Waals surface area contributed by atoms with E-state index in [-0.39, 0.29) is 35.0 Å². The minimum atomic E-state index is -3.17. The molecule has 1 amide bonds. The highest BCUT2D eigenvalue weighted by Gasteiger charge is 2.49. The van der Waals surface area contributed by atoms with Crippen LogP contribution in [0.3, 0.4) is 0 Å². The Labute approximate surface area is 183 Å². The Morgan fingerprint density at radius 3 is 2.67 bits per heavy atom. The molecule has 0 aromatic heterocycles. The zero-order valence-electron chi connectivity index (χ0n) is 15.9. The number of benzene rings is 2. The molecule has 2 atom stereocenters. The van der Waals surface area contributed by atoms with Crippen molar-refractivity contribution in [2.75, 3.05) is 23.5 Å². The van der Waals surface area contributed by atoms with E-state index in [9.17, 15) is 17.6 Å². The van der Waals surface area contributed by atoms with Gasteiger partial charge in [0.1, 0.15) is 11.6 Å². The Balaban J connectivity index is 1.65. The van der Waals surface area contributed by atoms with Crippen LogP contribution in [0.1, 0.15) is 5.56 Å². The Morgan fingerprint density at radius 1 is 1.27 bits per heavy atom. The van der Waals surface area contributed by atoms with Crippen molar-refractivity contribution in [3.8, 4) is 5.75 Å². The molecule has 0 bridgehead atoms. The van der Waals surface area contributed by atoms with Crippen molar-refractivity contribution in [1.82, 2.24) is 0 Å². The monoisotopic (exact) mass is 468 g/mol. The van der Waals surface area contributed by atoms with E-state index in [1.165, 1.54) is 43.1 Å². The van der Waals surface area contributed by atoms with Gasteiger partial charge >= 0.3 is 0 Å². The SMILES string of the molecule is COc1ccc(N2C(=NC(=O)Cc3ccc(F)cc3)SC3CS(=O)(=O)CC32)cc1Cl. The standard InChI is InChI=1S/C20H18ClFN2O4S2/c1-28-17-7-6-14(9-15(17)21)24-16-10-30(26,27)11-18(16)29-20(24)23-19(25)8-12-2-4-13(22)5-3-12/h2-7,9,16,18H,8,10-11H2,1H3. The number of rotatable bonds is 4. The van der Waals surface area contributed by atoms with Crippen LogP contribution in [-0.4, -0.2) is 49.4 Å². The maximum absolute atomic E-state index is 13.1. The van der Waals surface area contributed by atoms with Crippen molar-refractivity contribution >= 4 is 50.0 Å². The van der Waals surface area contributed by atoms with Gasteiger partial charge in [-0.15, -0.1) is 0 Å². The number of nitrogens with zero attached hydrogens (tertiary/aromatic N) is 2. The summed E-state index contributed by atoms with van der Waals surface area (Å²) in [5, 5.41) is 0.600. The van der Waals surface area contributed by atoms with Crippen LogP contribution in [0, 0.1) is 5.82 Å². The lowest BCUT2D eigenvalue weighted by molar-refractivity contribution is -0.117.